The molecular formula is C9H15N5O3. The first-order valence-corrected chi connectivity index (χ1v) is 5.26. The average Bonchev–Trinajstić information content (AvgIpc) is 2.66. The standard InChI is InChI=1S/C9H15N5O3/c1-3-10-8(15)6-14-11-5-7(13-14)12-9(16)17-4-2/h5H,3-4,6H2,1-2H3,(H,10,15)(H,12,13,16). The lowest BCUT2D eigenvalue weighted by atomic mass is 10.6. The molecular weight excluding hydrogens is 226 g/mol. The molecule has 0 aliphatic heterocycles. The van der Waals surface area contributed by atoms with Crippen molar-refractivity contribution in [2.24, 2.45) is 0 Å². The van der Waals surface area contributed by atoms with Crippen LogP contribution in [0.1, 0.15) is 13.8 Å². The molecule has 8 heteroatoms. The van der Waals surface area contributed by atoms with E-state index >= 15 is 0 Å². The van der Waals surface area contributed by atoms with E-state index in [1.54, 1.807) is 6.92 Å². The monoisotopic (exact) mass is 241 g/mol. The first kappa shape index (κ1) is 12.9. The molecule has 0 radical (unpaired) electrons. The van der Waals surface area contributed by atoms with Crippen molar-refractivity contribution in [1.82, 2.24) is 20.3 Å². The Hall–Kier alpha value is -2.12. The summed E-state index contributed by atoms with van der Waals surface area (Å²) < 4.78 is 4.67. The van der Waals surface area contributed by atoms with Gasteiger partial charge in [-0.3, -0.25) is 10.1 Å². The van der Waals surface area contributed by atoms with Gasteiger partial charge < -0.3 is 10.1 Å². The average molecular weight is 241 g/mol. The molecule has 0 bridgehead atoms. The Labute approximate surface area is 98.3 Å². The summed E-state index contributed by atoms with van der Waals surface area (Å²) in [5, 5.41) is 12.7. The smallest absolute Gasteiger partial charge is 0.412 e. The summed E-state index contributed by atoms with van der Waals surface area (Å²) in [6.45, 7) is 4.36. The molecule has 0 saturated heterocycles. The van der Waals surface area contributed by atoms with Crippen molar-refractivity contribution in [1.29, 1.82) is 0 Å². The van der Waals surface area contributed by atoms with E-state index in [4.69, 9.17) is 0 Å². The van der Waals surface area contributed by atoms with E-state index < -0.39 is 6.09 Å². The fourth-order valence-corrected chi connectivity index (χ4v) is 1.08. The lowest BCUT2D eigenvalue weighted by Gasteiger charge is -2.01. The predicted molar refractivity (Wildman–Crippen MR) is 59.4 cm³/mol. The third-order valence-corrected chi connectivity index (χ3v) is 1.70. The van der Waals surface area contributed by atoms with Gasteiger partial charge in [0.15, 0.2) is 5.82 Å². The number of amides is 2. The summed E-state index contributed by atoms with van der Waals surface area (Å²) in [6.07, 6.45) is 0.744. The number of nitrogens with zero attached hydrogens (tertiary/aromatic N) is 3. The van der Waals surface area contributed by atoms with Crippen LogP contribution in [0.3, 0.4) is 0 Å². The molecule has 0 aromatic carbocycles. The number of hydrogen-bond donors (Lipinski definition) is 2. The van der Waals surface area contributed by atoms with Crippen LogP contribution in [0.4, 0.5) is 10.6 Å². The van der Waals surface area contributed by atoms with E-state index in [-0.39, 0.29) is 24.9 Å². The molecule has 2 amide bonds. The molecule has 0 saturated carbocycles. The van der Waals surface area contributed by atoms with Crippen LogP contribution in [0, 0.1) is 0 Å². The van der Waals surface area contributed by atoms with E-state index in [1.165, 1.54) is 11.0 Å². The van der Waals surface area contributed by atoms with Gasteiger partial charge in [0.25, 0.3) is 0 Å². The maximum Gasteiger partial charge on any atom is 0.412 e. The zero-order valence-electron chi connectivity index (χ0n) is 9.77. The maximum atomic E-state index is 11.2. The number of anilines is 1. The minimum Gasteiger partial charge on any atom is -0.450 e. The van der Waals surface area contributed by atoms with Crippen molar-refractivity contribution in [2.75, 3.05) is 18.5 Å². The lowest BCUT2D eigenvalue weighted by Crippen LogP contribution is -2.28. The number of hydrogen-bond acceptors (Lipinski definition) is 5. The Morgan fingerprint density at radius 3 is 2.88 bits per heavy atom. The van der Waals surface area contributed by atoms with Gasteiger partial charge in [-0.1, -0.05) is 0 Å². The van der Waals surface area contributed by atoms with Crippen LogP contribution < -0.4 is 10.6 Å². The number of nitrogens with one attached hydrogen (secondary N) is 2. The fraction of sp³-hybridized carbons (Fsp3) is 0.556. The number of aromatic nitrogens is 3. The van der Waals surface area contributed by atoms with Crippen molar-refractivity contribution < 1.29 is 14.3 Å². The number of carbonyl (C=O) groups excluding carboxylic acids is 2. The van der Waals surface area contributed by atoms with Gasteiger partial charge in [-0.2, -0.15) is 9.90 Å². The van der Waals surface area contributed by atoms with Crippen LogP contribution in [0.5, 0.6) is 0 Å². The fourth-order valence-electron chi connectivity index (χ4n) is 1.08. The van der Waals surface area contributed by atoms with Gasteiger partial charge in [-0.05, 0) is 13.8 Å². The largest absolute Gasteiger partial charge is 0.450 e. The van der Waals surface area contributed by atoms with Gasteiger partial charge >= 0.3 is 6.09 Å². The highest BCUT2D eigenvalue weighted by Gasteiger charge is 2.08. The van der Waals surface area contributed by atoms with Crippen molar-refractivity contribution in [3.05, 3.63) is 6.20 Å². The summed E-state index contributed by atoms with van der Waals surface area (Å²) >= 11 is 0. The zero-order chi connectivity index (χ0) is 12.7. The molecule has 2 N–H and O–H groups in total. The van der Waals surface area contributed by atoms with E-state index in [0.717, 1.165) is 0 Å². The molecule has 94 valence electrons. The Morgan fingerprint density at radius 1 is 1.47 bits per heavy atom. The van der Waals surface area contributed by atoms with E-state index in [1.807, 2.05) is 6.92 Å². The molecule has 0 atom stereocenters. The second-order valence-electron chi connectivity index (χ2n) is 3.06. The molecule has 0 unspecified atom stereocenters. The van der Waals surface area contributed by atoms with Crippen LogP contribution in [-0.2, 0) is 16.1 Å². The zero-order valence-corrected chi connectivity index (χ0v) is 9.77. The number of carbonyl (C=O) groups is 2. The third-order valence-electron chi connectivity index (χ3n) is 1.70. The number of rotatable bonds is 5. The molecule has 0 spiro atoms. The Bertz CT molecular complexity index is 355. The molecule has 0 aliphatic carbocycles. The summed E-state index contributed by atoms with van der Waals surface area (Å²) in [7, 11) is 0. The molecule has 1 heterocycles. The van der Waals surface area contributed by atoms with Gasteiger partial charge in [0.2, 0.25) is 5.91 Å². The normalized spacial score (nSPS) is 9.76. The number of ether oxygens (including phenoxy) is 1. The predicted octanol–water partition coefficient (Wildman–Crippen LogP) is -0.0174. The molecule has 0 fully saturated rings. The highest BCUT2D eigenvalue weighted by Crippen LogP contribution is 1.99. The van der Waals surface area contributed by atoms with Crippen molar-refractivity contribution in [3.8, 4) is 0 Å². The first-order valence-electron chi connectivity index (χ1n) is 5.26. The minimum atomic E-state index is -0.599. The van der Waals surface area contributed by atoms with Gasteiger partial charge in [0, 0.05) is 6.54 Å². The summed E-state index contributed by atoms with van der Waals surface area (Å²) in [6, 6.07) is 0. The maximum absolute atomic E-state index is 11.2. The van der Waals surface area contributed by atoms with Crippen molar-refractivity contribution in [3.63, 3.8) is 0 Å². The van der Waals surface area contributed by atoms with Crippen LogP contribution in [0.25, 0.3) is 0 Å². The Morgan fingerprint density at radius 2 is 2.24 bits per heavy atom. The van der Waals surface area contributed by atoms with E-state index in [9.17, 15) is 9.59 Å². The van der Waals surface area contributed by atoms with Gasteiger partial charge in [-0.15, -0.1) is 5.10 Å². The molecule has 1 aromatic rings. The second kappa shape index (κ2) is 6.46. The van der Waals surface area contributed by atoms with Gasteiger partial charge in [0.05, 0.1) is 12.8 Å². The van der Waals surface area contributed by atoms with Crippen molar-refractivity contribution in [2.45, 2.75) is 20.4 Å². The van der Waals surface area contributed by atoms with Crippen LogP contribution >= 0.6 is 0 Å². The molecule has 1 aromatic heterocycles. The number of likely N-dealkylation sites (N-methyl/N-ethyl adjacent to an activating group) is 1. The van der Waals surface area contributed by atoms with E-state index in [2.05, 4.69) is 25.6 Å². The van der Waals surface area contributed by atoms with Crippen LogP contribution in [-0.4, -0.2) is 40.1 Å². The van der Waals surface area contributed by atoms with E-state index in [0.29, 0.717) is 6.54 Å². The summed E-state index contributed by atoms with van der Waals surface area (Å²) in [5.74, 6) is 0.0542. The highest BCUT2D eigenvalue weighted by atomic mass is 16.5. The quantitative estimate of drug-likeness (QED) is 0.755. The third kappa shape index (κ3) is 4.49. The van der Waals surface area contributed by atoms with Crippen LogP contribution in [0.2, 0.25) is 0 Å². The Balaban J connectivity index is 2.47. The lowest BCUT2D eigenvalue weighted by molar-refractivity contribution is -0.121. The molecule has 8 nitrogen and oxygen atoms in total. The summed E-state index contributed by atoms with van der Waals surface area (Å²) in [5.41, 5.74) is 0. The van der Waals surface area contributed by atoms with Gasteiger partial charge in [0.1, 0.15) is 6.54 Å². The molecule has 17 heavy (non-hydrogen) atoms. The van der Waals surface area contributed by atoms with Crippen molar-refractivity contribution >= 4 is 17.8 Å². The molecule has 1 rings (SSSR count). The first-order chi connectivity index (χ1) is 8.15. The SMILES string of the molecule is CCNC(=O)Cn1ncc(NC(=O)OCC)n1. The summed E-state index contributed by atoms with van der Waals surface area (Å²) in [4.78, 5) is 23.5. The topological polar surface area (TPSA) is 98.1 Å². The van der Waals surface area contributed by atoms with Gasteiger partial charge in [-0.25, -0.2) is 4.79 Å². The minimum absolute atomic E-state index is 0.0122. The molecule has 0 aliphatic rings. The highest BCUT2D eigenvalue weighted by molar-refractivity contribution is 5.83. The van der Waals surface area contributed by atoms with Crippen LogP contribution in [0.15, 0.2) is 6.20 Å². The Kier molecular flexibility index (Phi) is 4.92. The second-order valence-corrected chi connectivity index (χ2v) is 3.06.